The van der Waals surface area contributed by atoms with Crippen molar-refractivity contribution in [2.75, 3.05) is 0 Å². The third kappa shape index (κ3) is 1.80. The Balaban J connectivity index is 0.000000396. The Morgan fingerprint density at radius 2 is 2.00 bits per heavy atom. The van der Waals surface area contributed by atoms with E-state index in [1.807, 2.05) is 37.7 Å². The zero-order valence-electron chi connectivity index (χ0n) is 7.95. The summed E-state index contributed by atoms with van der Waals surface area (Å²) >= 11 is 5.81. The van der Waals surface area contributed by atoms with Crippen LogP contribution in [-0.2, 0) is 7.05 Å². The van der Waals surface area contributed by atoms with E-state index in [1.54, 1.807) is 0 Å². The average Bonchev–Trinajstić information content (AvgIpc) is 2.53. The second kappa shape index (κ2) is 4.23. The van der Waals surface area contributed by atoms with Gasteiger partial charge in [-0.15, -0.1) is 0 Å². The highest BCUT2D eigenvalue weighted by atomic mass is 35.5. The van der Waals surface area contributed by atoms with Crippen LogP contribution in [0.1, 0.15) is 13.8 Å². The van der Waals surface area contributed by atoms with Crippen LogP contribution in [0.15, 0.2) is 18.6 Å². The molecule has 0 radical (unpaired) electrons. The number of hydrogen-bond donors (Lipinski definition) is 0. The molecule has 2 heterocycles. The van der Waals surface area contributed by atoms with Gasteiger partial charge in [-0.25, -0.2) is 9.97 Å². The van der Waals surface area contributed by atoms with Crippen molar-refractivity contribution in [3.8, 4) is 0 Å². The summed E-state index contributed by atoms with van der Waals surface area (Å²) in [4.78, 5) is 7.93. The maximum absolute atomic E-state index is 5.81. The molecule has 4 heteroatoms. The monoisotopic (exact) mass is 197 g/mol. The quantitative estimate of drug-likeness (QED) is 0.608. The third-order valence-corrected chi connectivity index (χ3v) is 1.91. The first kappa shape index (κ1) is 9.99. The van der Waals surface area contributed by atoms with Crippen LogP contribution in [-0.4, -0.2) is 14.5 Å². The van der Waals surface area contributed by atoms with Gasteiger partial charge in [0.05, 0.1) is 5.39 Å². The van der Waals surface area contributed by atoms with E-state index in [4.69, 9.17) is 11.6 Å². The van der Waals surface area contributed by atoms with E-state index in [9.17, 15) is 0 Å². The molecule has 0 aromatic carbocycles. The van der Waals surface area contributed by atoms with Gasteiger partial charge in [0, 0.05) is 13.2 Å². The van der Waals surface area contributed by atoms with Crippen LogP contribution < -0.4 is 0 Å². The van der Waals surface area contributed by atoms with Crippen molar-refractivity contribution in [3.63, 3.8) is 0 Å². The number of nitrogens with zero attached hydrogens (tertiary/aromatic N) is 3. The molecule has 3 nitrogen and oxygen atoms in total. The number of aromatic nitrogens is 3. The second-order valence-electron chi connectivity index (χ2n) is 2.33. The molecule has 13 heavy (non-hydrogen) atoms. The SMILES string of the molecule is CC.Cn1ccc2c(Cl)ncnc21. The van der Waals surface area contributed by atoms with E-state index in [-0.39, 0.29) is 0 Å². The summed E-state index contributed by atoms with van der Waals surface area (Å²) in [6.07, 6.45) is 3.37. The molecule has 0 bridgehead atoms. The van der Waals surface area contributed by atoms with Gasteiger partial charge in [-0.2, -0.15) is 0 Å². The van der Waals surface area contributed by atoms with E-state index in [1.165, 1.54) is 6.33 Å². The summed E-state index contributed by atoms with van der Waals surface area (Å²) in [6, 6.07) is 1.90. The standard InChI is InChI=1S/C7H6ClN3.C2H6/c1-11-3-2-5-6(8)9-4-10-7(5)11;1-2/h2-4H,1H3;1-2H3. The van der Waals surface area contributed by atoms with Crippen molar-refractivity contribution in [3.05, 3.63) is 23.7 Å². The van der Waals surface area contributed by atoms with Gasteiger partial charge in [-0.3, -0.25) is 0 Å². The first-order valence-electron chi connectivity index (χ1n) is 4.20. The molecule has 2 aromatic heterocycles. The minimum Gasteiger partial charge on any atom is -0.335 e. The van der Waals surface area contributed by atoms with Crippen LogP contribution in [0.2, 0.25) is 5.15 Å². The van der Waals surface area contributed by atoms with E-state index < -0.39 is 0 Å². The highest BCUT2D eigenvalue weighted by Crippen LogP contribution is 2.18. The van der Waals surface area contributed by atoms with Gasteiger partial charge in [0.25, 0.3) is 0 Å². The Hall–Kier alpha value is -1.09. The smallest absolute Gasteiger partial charge is 0.144 e. The van der Waals surface area contributed by atoms with Gasteiger partial charge in [0.1, 0.15) is 17.1 Å². The van der Waals surface area contributed by atoms with Gasteiger partial charge in [0.15, 0.2) is 0 Å². The topological polar surface area (TPSA) is 30.7 Å². The molecule has 0 aliphatic rings. The minimum atomic E-state index is 0.510. The number of rotatable bonds is 0. The first-order chi connectivity index (χ1) is 6.29. The molecule has 0 atom stereocenters. The Kier molecular flexibility index (Phi) is 3.25. The molecule has 0 aliphatic carbocycles. The molecule has 0 unspecified atom stereocenters. The van der Waals surface area contributed by atoms with Crippen LogP contribution in [0.3, 0.4) is 0 Å². The van der Waals surface area contributed by atoms with Gasteiger partial charge in [-0.05, 0) is 6.07 Å². The zero-order valence-corrected chi connectivity index (χ0v) is 8.71. The van der Waals surface area contributed by atoms with E-state index in [0.29, 0.717) is 5.15 Å². The van der Waals surface area contributed by atoms with Crippen molar-refractivity contribution < 1.29 is 0 Å². The summed E-state index contributed by atoms with van der Waals surface area (Å²) < 4.78 is 1.91. The number of aryl methyl sites for hydroxylation is 1. The molecule has 0 N–H and O–H groups in total. The Morgan fingerprint density at radius 3 is 2.62 bits per heavy atom. The van der Waals surface area contributed by atoms with E-state index >= 15 is 0 Å². The average molecular weight is 198 g/mol. The minimum absolute atomic E-state index is 0.510. The lowest BCUT2D eigenvalue weighted by Crippen LogP contribution is -1.88. The number of fused-ring (bicyclic) bond motifs is 1. The molecule has 0 aliphatic heterocycles. The van der Waals surface area contributed by atoms with E-state index in [0.717, 1.165) is 11.0 Å². The Morgan fingerprint density at radius 1 is 1.31 bits per heavy atom. The number of hydrogen-bond acceptors (Lipinski definition) is 2. The molecule has 0 saturated carbocycles. The van der Waals surface area contributed by atoms with Gasteiger partial charge < -0.3 is 4.57 Å². The highest BCUT2D eigenvalue weighted by molar-refractivity contribution is 6.33. The summed E-state index contributed by atoms with van der Waals surface area (Å²) in [6.45, 7) is 4.00. The normalized spacial score (nSPS) is 9.54. The lowest BCUT2D eigenvalue weighted by atomic mass is 10.4. The fourth-order valence-electron chi connectivity index (χ4n) is 1.05. The van der Waals surface area contributed by atoms with E-state index in [2.05, 4.69) is 9.97 Å². The summed E-state index contributed by atoms with van der Waals surface area (Å²) in [5.41, 5.74) is 0.866. The molecule has 0 fully saturated rings. The molecular weight excluding hydrogens is 186 g/mol. The van der Waals surface area contributed by atoms with Crippen molar-refractivity contribution in [1.82, 2.24) is 14.5 Å². The molecule has 70 valence electrons. The largest absolute Gasteiger partial charge is 0.335 e. The maximum Gasteiger partial charge on any atom is 0.144 e. The van der Waals surface area contributed by atoms with Crippen LogP contribution >= 0.6 is 11.6 Å². The van der Waals surface area contributed by atoms with Crippen molar-refractivity contribution in [2.45, 2.75) is 13.8 Å². The maximum atomic E-state index is 5.81. The van der Waals surface area contributed by atoms with Gasteiger partial charge in [0.2, 0.25) is 0 Å². The van der Waals surface area contributed by atoms with Gasteiger partial charge in [-0.1, -0.05) is 25.4 Å². The molecule has 2 aromatic rings. The van der Waals surface area contributed by atoms with Crippen molar-refractivity contribution >= 4 is 22.6 Å². The third-order valence-electron chi connectivity index (χ3n) is 1.61. The molecule has 0 spiro atoms. The second-order valence-corrected chi connectivity index (χ2v) is 2.69. The predicted molar refractivity (Wildman–Crippen MR) is 54.9 cm³/mol. The highest BCUT2D eigenvalue weighted by Gasteiger charge is 2.02. The van der Waals surface area contributed by atoms with Gasteiger partial charge >= 0.3 is 0 Å². The molecule has 0 saturated heterocycles. The van der Waals surface area contributed by atoms with Crippen LogP contribution in [0.5, 0.6) is 0 Å². The molecule has 2 rings (SSSR count). The summed E-state index contributed by atoms with van der Waals surface area (Å²) in [7, 11) is 1.92. The van der Waals surface area contributed by atoms with Crippen LogP contribution in [0.4, 0.5) is 0 Å². The fraction of sp³-hybridized carbons (Fsp3) is 0.333. The molecular formula is C9H12ClN3. The van der Waals surface area contributed by atoms with Crippen LogP contribution in [0.25, 0.3) is 11.0 Å². The first-order valence-corrected chi connectivity index (χ1v) is 4.58. The Bertz CT molecular complexity index is 395. The van der Waals surface area contributed by atoms with Crippen molar-refractivity contribution in [2.24, 2.45) is 7.05 Å². The molecule has 0 amide bonds. The number of halogens is 1. The zero-order chi connectivity index (χ0) is 9.84. The Labute approximate surface area is 82.4 Å². The lowest BCUT2D eigenvalue weighted by Gasteiger charge is -1.93. The lowest BCUT2D eigenvalue weighted by molar-refractivity contribution is 0.943. The van der Waals surface area contributed by atoms with Crippen LogP contribution in [0, 0.1) is 0 Å². The predicted octanol–water partition coefficient (Wildman–Crippen LogP) is 2.65. The summed E-state index contributed by atoms with van der Waals surface area (Å²) in [5.74, 6) is 0. The van der Waals surface area contributed by atoms with Crippen molar-refractivity contribution in [1.29, 1.82) is 0 Å². The summed E-state index contributed by atoms with van der Waals surface area (Å²) in [5, 5.41) is 1.41. The fourth-order valence-corrected chi connectivity index (χ4v) is 1.24.